The summed E-state index contributed by atoms with van der Waals surface area (Å²) in [4.78, 5) is 28.4. The van der Waals surface area contributed by atoms with Crippen molar-refractivity contribution in [3.8, 4) is 5.88 Å². The third kappa shape index (κ3) is 5.95. The molecule has 0 spiro atoms. The number of anilines is 2. The lowest BCUT2D eigenvalue weighted by Crippen LogP contribution is -2.51. The smallest absolute Gasteiger partial charge is 0.243 e. The van der Waals surface area contributed by atoms with Crippen LogP contribution < -0.4 is 14.5 Å². The zero-order valence-electron chi connectivity index (χ0n) is 19.7. The Balaban J connectivity index is 1.65. The summed E-state index contributed by atoms with van der Waals surface area (Å²) in [6.45, 7) is 12.9. The number of nitrogens with zero attached hydrogens (tertiary/aromatic N) is 5. The summed E-state index contributed by atoms with van der Waals surface area (Å²) in [5, 5.41) is 0. The van der Waals surface area contributed by atoms with E-state index in [-0.39, 0.29) is 12.6 Å². The molecule has 2 aromatic rings. The van der Waals surface area contributed by atoms with E-state index in [0.717, 1.165) is 49.4 Å². The SMILES string of the molecule is CCOCN(C(=O)CN1CCN(c2nccc(OCC)n2)CC1)c1c(C)cccc1CC. The average molecular weight is 442 g/mol. The Labute approximate surface area is 191 Å². The summed E-state index contributed by atoms with van der Waals surface area (Å²) in [6.07, 6.45) is 2.59. The highest BCUT2D eigenvalue weighted by Gasteiger charge is 2.25. The van der Waals surface area contributed by atoms with Gasteiger partial charge in [-0.05, 0) is 38.3 Å². The lowest BCUT2D eigenvalue weighted by molar-refractivity contribution is -0.121. The third-order valence-corrected chi connectivity index (χ3v) is 5.62. The molecule has 1 amide bonds. The Bertz CT molecular complexity index is 884. The normalized spacial score (nSPS) is 14.4. The maximum Gasteiger partial charge on any atom is 0.243 e. The quantitative estimate of drug-likeness (QED) is 0.525. The molecule has 174 valence electrons. The summed E-state index contributed by atoms with van der Waals surface area (Å²) in [6, 6.07) is 7.95. The van der Waals surface area contributed by atoms with Crippen molar-refractivity contribution in [3.63, 3.8) is 0 Å². The zero-order chi connectivity index (χ0) is 22.9. The Kier molecular flexibility index (Phi) is 8.81. The van der Waals surface area contributed by atoms with Gasteiger partial charge in [-0.15, -0.1) is 0 Å². The van der Waals surface area contributed by atoms with Crippen molar-refractivity contribution in [2.24, 2.45) is 0 Å². The summed E-state index contributed by atoms with van der Waals surface area (Å²) in [5.41, 5.74) is 3.23. The largest absolute Gasteiger partial charge is 0.478 e. The van der Waals surface area contributed by atoms with Crippen LogP contribution in [0.4, 0.5) is 11.6 Å². The number of ether oxygens (including phenoxy) is 2. The molecule has 0 aliphatic carbocycles. The number of aryl methyl sites for hydroxylation is 2. The average Bonchev–Trinajstić information content (AvgIpc) is 2.81. The maximum atomic E-state index is 13.4. The number of rotatable bonds is 10. The first kappa shape index (κ1) is 23.9. The van der Waals surface area contributed by atoms with Gasteiger partial charge in [-0.3, -0.25) is 14.6 Å². The van der Waals surface area contributed by atoms with Crippen LogP contribution >= 0.6 is 0 Å². The number of aromatic nitrogens is 2. The van der Waals surface area contributed by atoms with E-state index in [9.17, 15) is 4.79 Å². The van der Waals surface area contributed by atoms with E-state index >= 15 is 0 Å². The molecule has 1 fully saturated rings. The standard InChI is InChI=1S/C24H35N5O3/c1-5-20-10-8-9-19(4)23(20)29(18-31-6-2)22(30)17-27-13-15-28(16-14-27)24-25-12-11-21(26-24)32-7-3/h8-12H,5-7,13-18H2,1-4H3. The first-order valence-electron chi connectivity index (χ1n) is 11.5. The number of carbonyl (C=O) groups is 1. The second-order valence-electron chi connectivity index (χ2n) is 7.77. The van der Waals surface area contributed by atoms with E-state index < -0.39 is 0 Å². The molecule has 1 saturated heterocycles. The number of hydrogen-bond donors (Lipinski definition) is 0. The van der Waals surface area contributed by atoms with Gasteiger partial charge in [0.15, 0.2) is 0 Å². The molecule has 32 heavy (non-hydrogen) atoms. The monoisotopic (exact) mass is 441 g/mol. The Morgan fingerprint density at radius 2 is 1.88 bits per heavy atom. The number of carbonyl (C=O) groups excluding carboxylic acids is 1. The molecular formula is C24H35N5O3. The van der Waals surface area contributed by atoms with Gasteiger partial charge < -0.3 is 14.4 Å². The van der Waals surface area contributed by atoms with E-state index in [1.165, 1.54) is 0 Å². The predicted octanol–water partition coefficient (Wildman–Crippen LogP) is 2.90. The minimum Gasteiger partial charge on any atom is -0.478 e. The van der Waals surface area contributed by atoms with Crippen LogP contribution in [0.1, 0.15) is 31.9 Å². The summed E-state index contributed by atoms with van der Waals surface area (Å²) < 4.78 is 11.2. The second-order valence-corrected chi connectivity index (χ2v) is 7.77. The lowest BCUT2D eigenvalue weighted by Gasteiger charge is -2.35. The van der Waals surface area contributed by atoms with Crippen LogP contribution in [0.5, 0.6) is 5.88 Å². The highest BCUT2D eigenvalue weighted by atomic mass is 16.5. The van der Waals surface area contributed by atoms with Gasteiger partial charge >= 0.3 is 0 Å². The van der Waals surface area contributed by atoms with E-state index in [0.29, 0.717) is 31.6 Å². The Morgan fingerprint density at radius 3 is 2.56 bits per heavy atom. The molecule has 1 aliphatic heterocycles. The molecule has 0 saturated carbocycles. The second kappa shape index (κ2) is 11.8. The van der Waals surface area contributed by atoms with Crippen LogP contribution in [-0.4, -0.2) is 73.4 Å². The van der Waals surface area contributed by atoms with Crippen molar-refractivity contribution in [2.45, 2.75) is 34.1 Å². The summed E-state index contributed by atoms with van der Waals surface area (Å²) >= 11 is 0. The topological polar surface area (TPSA) is 71.0 Å². The van der Waals surface area contributed by atoms with Crippen LogP contribution in [0.2, 0.25) is 0 Å². The van der Waals surface area contributed by atoms with Crippen LogP contribution in [0, 0.1) is 6.92 Å². The molecule has 1 aliphatic rings. The molecule has 1 aromatic heterocycles. The predicted molar refractivity (Wildman–Crippen MR) is 126 cm³/mol. The van der Waals surface area contributed by atoms with E-state index in [1.54, 1.807) is 17.2 Å². The maximum absolute atomic E-state index is 13.4. The highest BCUT2D eigenvalue weighted by Crippen LogP contribution is 2.26. The molecule has 0 bridgehead atoms. The van der Waals surface area contributed by atoms with Gasteiger partial charge in [0.2, 0.25) is 17.7 Å². The molecule has 0 atom stereocenters. The number of piperazine rings is 1. The van der Waals surface area contributed by atoms with E-state index in [4.69, 9.17) is 9.47 Å². The van der Waals surface area contributed by atoms with Crippen LogP contribution in [0.3, 0.4) is 0 Å². The zero-order valence-corrected chi connectivity index (χ0v) is 19.7. The van der Waals surface area contributed by atoms with Crippen LogP contribution in [-0.2, 0) is 16.0 Å². The summed E-state index contributed by atoms with van der Waals surface area (Å²) in [7, 11) is 0. The minimum absolute atomic E-state index is 0.0606. The van der Waals surface area contributed by atoms with Crippen LogP contribution in [0.15, 0.2) is 30.5 Å². The fraction of sp³-hybridized carbons (Fsp3) is 0.542. The van der Waals surface area contributed by atoms with Crippen molar-refractivity contribution in [1.29, 1.82) is 0 Å². The first-order chi connectivity index (χ1) is 15.6. The molecule has 0 unspecified atom stereocenters. The number of para-hydroxylation sites is 1. The van der Waals surface area contributed by atoms with Crippen molar-refractivity contribution >= 4 is 17.5 Å². The fourth-order valence-corrected chi connectivity index (χ4v) is 3.93. The Hall–Kier alpha value is -2.71. The van der Waals surface area contributed by atoms with E-state index in [2.05, 4.69) is 45.7 Å². The molecule has 3 rings (SSSR count). The first-order valence-corrected chi connectivity index (χ1v) is 11.5. The molecular weight excluding hydrogens is 406 g/mol. The van der Waals surface area contributed by atoms with Gasteiger partial charge in [0.25, 0.3) is 0 Å². The molecule has 0 radical (unpaired) electrons. The molecule has 8 nitrogen and oxygen atoms in total. The van der Waals surface area contributed by atoms with Crippen molar-refractivity contribution in [1.82, 2.24) is 14.9 Å². The van der Waals surface area contributed by atoms with Gasteiger partial charge in [-0.1, -0.05) is 25.1 Å². The summed E-state index contributed by atoms with van der Waals surface area (Å²) in [5.74, 6) is 1.32. The van der Waals surface area contributed by atoms with Gasteiger partial charge in [0.1, 0.15) is 6.73 Å². The van der Waals surface area contributed by atoms with E-state index in [1.807, 2.05) is 19.9 Å². The van der Waals surface area contributed by atoms with Crippen LogP contribution in [0.25, 0.3) is 0 Å². The Morgan fingerprint density at radius 1 is 1.09 bits per heavy atom. The molecule has 2 heterocycles. The lowest BCUT2D eigenvalue weighted by atomic mass is 10.0. The number of benzene rings is 1. The fourth-order valence-electron chi connectivity index (χ4n) is 3.93. The third-order valence-electron chi connectivity index (χ3n) is 5.62. The van der Waals surface area contributed by atoms with Crippen molar-refractivity contribution in [3.05, 3.63) is 41.6 Å². The number of hydrogen-bond acceptors (Lipinski definition) is 7. The van der Waals surface area contributed by atoms with Gasteiger partial charge in [-0.2, -0.15) is 4.98 Å². The minimum atomic E-state index is 0.0606. The van der Waals surface area contributed by atoms with Gasteiger partial charge in [-0.25, -0.2) is 4.98 Å². The van der Waals surface area contributed by atoms with Crippen molar-refractivity contribution < 1.29 is 14.3 Å². The van der Waals surface area contributed by atoms with Gasteiger partial charge in [0, 0.05) is 45.0 Å². The van der Waals surface area contributed by atoms with Crippen molar-refractivity contribution in [2.75, 3.05) is 62.5 Å². The number of amides is 1. The molecule has 8 heteroatoms. The van der Waals surface area contributed by atoms with Gasteiger partial charge in [0.05, 0.1) is 18.8 Å². The molecule has 0 N–H and O–H groups in total. The molecule has 1 aromatic carbocycles. The highest BCUT2D eigenvalue weighted by molar-refractivity contribution is 5.96.